The molecule has 0 fully saturated rings. The second-order valence-electron chi connectivity index (χ2n) is 4.85. The highest BCUT2D eigenvalue weighted by Gasteiger charge is 2.30. The first-order chi connectivity index (χ1) is 9.49. The van der Waals surface area contributed by atoms with Gasteiger partial charge >= 0.3 is 6.18 Å². The molecule has 0 saturated heterocycles. The van der Waals surface area contributed by atoms with E-state index in [-0.39, 0.29) is 6.04 Å². The summed E-state index contributed by atoms with van der Waals surface area (Å²) in [6.07, 6.45) is 1.39. The summed E-state index contributed by atoms with van der Waals surface area (Å²) in [7, 11) is 0. The van der Waals surface area contributed by atoms with Gasteiger partial charge in [0.15, 0.2) is 0 Å². The van der Waals surface area contributed by atoms with Gasteiger partial charge < -0.3 is 5.32 Å². The first kappa shape index (κ1) is 16.8. The van der Waals surface area contributed by atoms with Crippen LogP contribution in [0.4, 0.5) is 13.2 Å². The van der Waals surface area contributed by atoms with Crippen molar-refractivity contribution < 1.29 is 13.2 Å². The molecule has 0 aliphatic heterocycles. The van der Waals surface area contributed by atoms with Crippen LogP contribution in [-0.4, -0.2) is 6.54 Å². The highest BCUT2D eigenvalue weighted by atomic mass is 19.4. The Balaban J connectivity index is 2.76. The van der Waals surface area contributed by atoms with Crippen molar-refractivity contribution in [1.29, 1.82) is 0 Å². The zero-order chi connectivity index (χ0) is 15.0. The fraction of sp³-hybridized carbons (Fsp3) is 0.500. The van der Waals surface area contributed by atoms with Crippen LogP contribution in [0, 0.1) is 0 Å². The van der Waals surface area contributed by atoms with E-state index >= 15 is 0 Å². The Labute approximate surface area is 118 Å². The van der Waals surface area contributed by atoms with Crippen LogP contribution in [0.1, 0.15) is 49.8 Å². The Bertz CT molecular complexity index is 395. The number of benzene rings is 1. The molecule has 1 unspecified atom stereocenters. The number of allylic oxidation sites excluding steroid dienone is 1. The van der Waals surface area contributed by atoms with Gasteiger partial charge in [0.05, 0.1) is 5.56 Å². The molecule has 1 N–H and O–H groups in total. The van der Waals surface area contributed by atoms with Gasteiger partial charge in [-0.15, -0.1) is 6.58 Å². The molecule has 0 saturated carbocycles. The van der Waals surface area contributed by atoms with Crippen LogP contribution in [0.15, 0.2) is 36.9 Å². The van der Waals surface area contributed by atoms with Crippen molar-refractivity contribution >= 4 is 0 Å². The molecular weight excluding hydrogens is 263 g/mol. The van der Waals surface area contributed by atoms with E-state index in [0.717, 1.165) is 49.9 Å². The highest BCUT2D eigenvalue weighted by molar-refractivity contribution is 5.26. The summed E-state index contributed by atoms with van der Waals surface area (Å²) in [6.45, 7) is 6.62. The molecule has 112 valence electrons. The summed E-state index contributed by atoms with van der Waals surface area (Å²) in [5.41, 5.74) is 0.317. The third kappa shape index (κ3) is 5.37. The van der Waals surface area contributed by atoms with Gasteiger partial charge in [-0.25, -0.2) is 0 Å². The lowest BCUT2D eigenvalue weighted by molar-refractivity contribution is -0.137. The van der Waals surface area contributed by atoms with E-state index in [9.17, 15) is 13.2 Å². The van der Waals surface area contributed by atoms with Gasteiger partial charge in [-0.3, -0.25) is 0 Å². The predicted octanol–water partition coefficient (Wildman–Crippen LogP) is 5.10. The topological polar surface area (TPSA) is 12.0 Å². The summed E-state index contributed by atoms with van der Waals surface area (Å²) < 4.78 is 37.6. The van der Waals surface area contributed by atoms with E-state index in [1.54, 1.807) is 12.1 Å². The molecule has 1 aromatic carbocycles. The van der Waals surface area contributed by atoms with Crippen molar-refractivity contribution in [3.05, 3.63) is 48.0 Å². The lowest BCUT2D eigenvalue weighted by Gasteiger charge is -2.19. The molecule has 0 spiro atoms. The third-order valence-electron chi connectivity index (χ3n) is 3.18. The van der Waals surface area contributed by atoms with Crippen molar-refractivity contribution in [3.8, 4) is 0 Å². The highest BCUT2D eigenvalue weighted by Crippen LogP contribution is 2.30. The molecule has 0 aliphatic carbocycles. The van der Waals surface area contributed by atoms with E-state index in [1.807, 2.05) is 6.08 Å². The first-order valence-electron chi connectivity index (χ1n) is 7.00. The molecule has 0 aromatic heterocycles. The smallest absolute Gasteiger partial charge is 0.310 e. The Kier molecular flexibility index (Phi) is 6.79. The monoisotopic (exact) mass is 285 g/mol. The summed E-state index contributed by atoms with van der Waals surface area (Å²) >= 11 is 0. The van der Waals surface area contributed by atoms with Gasteiger partial charge in [-0.2, -0.15) is 13.2 Å². The maximum Gasteiger partial charge on any atom is 0.416 e. The molecule has 20 heavy (non-hydrogen) atoms. The molecule has 0 bridgehead atoms. The number of hydrogen-bond acceptors (Lipinski definition) is 1. The van der Waals surface area contributed by atoms with E-state index in [0.29, 0.717) is 0 Å². The minimum atomic E-state index is -4.27. The van der Waals surface area contributed by atoms with E-state index < -0.39 is 11.7 Å². The van der Waals surface area contributed by atoms with Crippen molar-refractivity contribution in [2.24, 2.45) is 0 Å². The summed E-state index contributed by atoms with van der Waals surface area (Å²) in [4.78, 5) is 0. The van der Waals surface area contributed by atoms with Crippen molar-refractivity contribution in [1.82, 2.24) is 5.32 Å². The molecule has 1 rings (SSSR count). The summed E-state index contributed by atoms with van der Waals surface area (Å²) in [5.74, 6) is 0. The number of hydrogen-bond donors (Lipinski definition) is 1. The summed E-state index contributed by atoms with van der Waals surface area (Å²) in [5, 5.41) is 3.39. The molecule has 4 heteroatoms. The second-order valence-corrected chi connectivity index (χ2v) is 4.85. The molecule has 1 nitrogen and oxygen atoms in total. The van der Waals surface area contributed by atoms with Gasteiger partial charge in [-0.05, 0) is 49.9 Å². The first-order valence-corrected chi connectivity index (χ1v) is 7.00. The number of nitrogens with one attached hydrogen (secondary N) is 1. The van der Waals surface area contributed by atoms with E-state index in [1.165, 1.54) is 0 Å². The van der Waals surface area contributed by atoms with Gasteiger partial charge in [0, 0.05) is 6.04 Å². The molecule has 0 heterocycles. The van der Waals surface area contributed by atoms with Crippen LogP contribution in [0.25, 0.3) is 0 Å². The van der Waals surface area contributed by atoms with Crippen LogP contribution < -0.4 is 5.32 Å². The molecule has 0 amide bonds. The molecular formula is C16H22F3N. The SMILES string of the molecule is C=CCCCC(NCCC)c1ccc(C(F)(F)F)cc1. The Morgan fingerprint density at radius 2 is 1.90 bits per heavy atom. The van der Waals surface area contributed by atoms with Crippen molar-refractivity contribution in [3.63, 3.8) is 0 Å². The van der Waals surface area contributed by atoms with Crippen molar-refractivity contribution in [2.45, 2.75) is 44.8 Å². The fourth-order valence-electron chi connectivity index (χ4n) is 2.08. The fourth-order valence-corrected chi connectivity index (χ4v) is 2.08. The quantitative estimate of drug-likeness (QED) is 0.517. The molecule has 0 radical (unpaired) electrons. The lowest BCUT2D eigenvalue weighted by atomic mass is 9.99. The van der Waals surface area contributed by atoms with E-state index in [4.69, 9.17) is 0 Å². The summed E-state index contributed by atoms with van der Waals surface area (Å²) in [6, 6.07) is 5.57. The number of alkyl halides is 3. The standard InChI is InChI=1S/C16H22F3N/c1-3-5-6-7-15(20-12-4-2)13-8-10-14(11-9-13)16(17,18)19/h3,8-11,15,20H,1,4-7,12H2,2H3. The van der Waals surface area contributed by atoms with Crippen molar-refractivity contribution in [2.75, 3.05) is 6.54 Å². The average molecular weight is 285 g/mol. The molecule has 0 aliphatic rings. The normalized spacial score (nSPS) is 13.2. The Morgan fingerprint density at radius 1 is 1.25 bits per heavy atom. The van der Waals surface area contributed by atoms with Crippen LogP contribution in [0.3, 0.4) is 0 Å². The van der Waals surface area contributed by atoms with Crippen LogP contribution in [0.2, 0.25) is 0 Å². The van der Waals surface area contributed by atoms with Gasteiger partial charge in [0.2, 0.25) is 0 Å². The van der Waals surface area contributed by atoms with Crippen LogP contribution in [-0.2, 0) is 6.18 Å². The Hall–Kier alpha value is -1.29. The minimum Gasteiger partial charge on any atom is -0.310 e. The second kappa shape index (κ2) is 8.10. The zero-order valence-corrected chi connectivity index (χ0v) is 11.8. The third-order valence-corrected chi connectivity index (χ3v) is 3.18. The zero-order valence-electron chi connectivity index (χ0n) is 11.8. The molecule has 1 atom stereocenters. The minimum absolute atomic E-state index is 0.109. The Morgan fingerprint density at radius 3 is 2.40 bits per heavy atom. The van der Waals surface area contributed by atoms with Gasteiger partial charge in [0.1, 0.15) is 0 Å². The van der Waals surface area contributed by atoms with Gasteiger partial charge in [-0.1, -0.05) is 25.1 Å². The number of unbranched alkanes of at least 4 members (excludes halogenated alkanes) is 1. The van der Waals surface area contributed by atoms with Crippen LogP contribution >= 0.6 is 0 Å². The number of halogens is 3. The lowest BCUT2D eigenvalue weighted by Crippen LogP contribution is -2.22. The predicted molar refractivity (Wildman–Crippen MR) is 76.5 cm³/mol. The molecule has 1 aromatic rings. The average Bonchev–Trinajstić information content (AvgIpc) is 2.42. The maximum absolute atomic E-state index is 12.5. The number of rotatable bonds is 8. The van der Waals surface area contributed by atoms with E-state index in [2.05, 4.69) is 18.8 Å². The largest absolute Gasteiger partial charge is 0.416 e. The van der Waals surface area contributed by atoms with Gasteiger partial charge in [0.25, 0.3) is 0 Å². The van der Waals surface area contributed by atoms with Crippen LogP contribution in [0.5, 0.6) is 0 Å². The maximum atomic E-state index is 12.5.